The lowest BCUT2D eigenvalue weighted by molar-refractivity contribution is -0.115. The second kappa shape index (κ2) is 4.66. The van der Waals surface area contributed by atoms with Crippen LogP contribution in [0.1, 0.15) is 12.0 Å². The minimum absolute atomic E-state index is 0.0465. The molecule has 0 aliphatic carbocycles. The number of aromatic nitrogens is 1. The maximum atomic E-state index is 11.2. The summed E-state index contributed by atoms with van der Waals surface area (Å²) < 4.78 is 0. The molecule has 1 amide bonds. The van der Waals surface area contributed by atoms with E-state index in [1.165, 1.54) is 0 Å². The fraction of sp³-hybridized carbons (Fsp3) is 0.222. The highest BCUT2D eigenvalue weighted by atomic mass is 32.1. The first-order valence-electron chi connectivity index (χ1n) is 4.09. The minimum Gasteiger partial charge on any atom is -0.393 e. The molecule has 0 radical (unpaired) electrons. The first-order valence-corrected chi connectivity index (χ1v) is 4.49. The third-order valence-corrected chi connectivity index (χ3v) is 1.66. The fourth-order valence-corrected chi connectivity index (χ4v) is 1.02. The number of thiocarbonyl (C=S) groups is 1. The van der Waals surface area contributed by atoms with Gasteiger partial charge < -0.3 is 11.1 Å². The topological polar surface area (TPSA) is 68.0 Å². The highest BCUT2D eigenvalue weighted by molar-refractivity contribution is 7.80. The van der Waals surface area contributed by atoms with E-state index in [1.807, 2.05) is 13.0 Å². The van der Waals surface area contributed by atoms with Crippen LogP contribution in [0.4, 0.5) is 5.82 Å². The molecule has 4 nitrogen and oxygen atoms in total. The lowest BCUT2D eigenvalue weighted by atomic mass is 10.3. The van der Waals surface area contributed by atoms with Crippen LogP contribution in [0.3, 0.4) is 0 Å². The van der Waals surface area contributed by atoms with Crippen LogP contribution < -0.4 is 11.1 Å². The van der Waals surface area contributed by atoms with Gasteiger partial charge in [-0.15, -0.1) is 0 Å². The number of nitrogens with two attached hydrogens (primary N) is 1. The van der Waals surface area contributed by atoms with Gasteiger partial charge >= 0.3 is 0 Å². The van der Waals surface area contributed by atoms with Crippen molar-refractivity contribution in [3.8, 4) is 0 Å². The van der Waals surface area contributed by atoms with Crippen molar-refractivity contribution in [1.29, 1.82) is 0 Å². The van der Waals surface area contributed by atoms with Crippen molar-refractivity contribution in [3.63, 3.8) is 0 Å². The van der Waals surface area contributed by atoms with E-state index in [0.717, 1.165) is 5.56 Å². The van der Waals surface area contributed by atoms with Gasteiger partial charge in [0.15, 0.2) is 0 Å². The zero-order valence-corrected chi connectivity index (χ0v) is 8.60. The number of carbonyl (C=O) groups excluding carboxylic acids is 1. The number of anilines is 1. The molecule has 3 N–H and O–H groups in total. The van der Waals surface area contributed by atoms with Crippen molar-refractivity contribution < 1.29 is 4.79 Å². The van der Waals surface area contributed by atoms with Gasteiger partial charge in [0.25, 0.3) is 0 Å². The standard InChI is InChI=1S/C9H11N3OS/c1-6-2-3-8(11-5-6)12-9(13)4-7(10)14/h2-3,5H,4H2,1H3,(H2,10,14)(H,11,12,13). The maximum Gasteiger partial charge on any atom is 0.232 e. The molecule has 1 aromatic rings. The largest absolute Gasteiger partial charge is 0.393 e. The van der Waals surface area contributed by atoms with Crippen LogP contribution in [0.25, 0.3) is 0 Å². The molecule has 74 valence electrons. The molecule has 1 heterocycles. The summed E-state index contributed by atoms with van der Waals surface area (Å²) in [5.74, 6) is 0.269. The van der Waals surface area contributed by atoms with E-state index in [-0.39, 0.29) is 17.3 Å². The summed E-state index contributed by atoms with van der Waals surface area (Å²) in [6.45, 7) is 1.92. The fourth-order valence-electron chi connectivity index (χ4n) is 0.887. The van der Waals surface area contributed by atoms with Crippen LogP contribution >= 0.6 is 12.2 Å². The molecular weight excluding hydrogens is 198 g/mol. The van der Waals surface area contributed by atoms with Crippen molar-refractivity contribution >= 4 is 28.9 Å². The first-order chi connectivity index (χ1) is 6.58. The van der Waals surface area contributed by atoms with E-state index >= 15 is 0 Å². The highest BCUT2D eigenvalue weighted by Crippen LogP contribution is 2.03. The van der Waals surface area contributed by atoms with Gasteiger partial charge in [-0.05, 0) is 18.6 Å². The number of nitrogens with one attached hydrogen (secondary N) is 1. The van der Waals surface area contributed by atoms with E-state index < -0.39 is 0 Å². The number of carbonyl (C=O) groups is 1. The molecule has 0 atom stereocenters. The summed E-state index contributed by atoms with van der Waals surface area (Å²) in [5.41, 5.74) is 6.26. The zero-order chi connectivity index (χ0) is 10.6. The highest BCUT2D eigenvalue weighted by Gasteiger charge is 2.03. The zero-order valence-electron chi connectivity index (χ0n) is 7.78. The van der Waals surface area contributed by atoms with Crippen molar-refractivity contribution in [3.05, 3.63) is 23.9 Å². The van der Waals surface area contributed by atoms with E-state index in [9.17, 15) is 4.79 Å². The second-order valence-corrected chi connectivity index (χ2v) is 3.44. The Balaban J connectivity index is 2.56. The van der Waals surface area contributed by atoms with E-state index in [0.29, 0.717) is 5.82 Å². The lowest BCUT2D eigenvalue weighted by Crippen LogP contribution is -2.20. The molecule has 0 saturated carbocycles. The van der Waals surface area contributed by atoms with Gasteiger partial charge in [0.05, 0.1) is 11.4 Å². The molecular formula is C9H11N3OS. The van der Waals surface area contributed by atoms with Crippen LogP contribution in [-0.4, -0.2) is 15.9 Å². The van der Waals surface area contributed by atoms with Gasteiger partial charge in [0.1, 0.15) is 5.82 Å². The number of aryl methyl sites for hydroxylation is 1. The third-order valence-electron chi connectivity index (χ3n) is 1.51. The van der Waals surface area contributed by atoms with Gasteiger partial charge in [0.2, 0.25) is 5.91 Å². The molecule has 1 aromatic heterocycles. The minimum atomic E-state index is -0.242. The number of pyridine rings is 1. The Bertz CT molecular complexity index is 348. The molecule has 0 bridgehead atoms. The molecule has 0 aromatic carbocycles. The van der Waals surface area contributed by atoms with Crippen molar-refractivity contribution in [1.82, 2.24) is 4.98 Å². The quantitative estimate of drug-likeness (QED) is 0.729. The van der Waals surface area contributed by atoms with E-state index in [4.69, 9.17) is 5.73 Å². The average molecular weight is 209 g/mol. The lowest BCUT2D eigenvalue weighted by Gasteiger charge is -2.03. The Hall–Kier alpha value is -1.49. The number of hydrogen-bond donors (Lipinski definition) is 2. The number of hydrogen-bond acceptors (Lipinski definition) is 3. The molecule has 0 aliphatic heterocycles. The predicted molar refractivity (Wildman–Crippen MR) is 59.0 cm³/mol. The Morgan fingerprint density at radius 1 is 1.64 bits per heavy atom. The van der Waals surface area contributed by atoms with Gasteiger partial charge in [-0.25, -0.2) is 4.98 Å². The summed E-state index contributed by atoms with van der Waals surface area (Å²) in [5, 5.41) is 2.58. The van der Waals surface area contributed by atoms with Gasteiger partial charge in [-0.1, -0.05) is 18.3 Å². The Morgan fingerprint density at radius 2 is 2.36 bits per heavy atom. The molecule has 0 fully saturated rings. The number of rotatable bonds is 3. The molecule has 0 unspecified atom stereocenters. The summed E-state index contributed by atoms with van der Waals surface area (Å²) in [4.78, 5) is 15.4. The normalized spacial score (nSPS) is 9.50. The molecule has 5 heteroatoms. The summed E-state index contributed by atoms with van der Waals surface area (Å²) in [7, 11) is 0. The van der Waals surface area contributed by atoms with Crippen LogP contribution in [0.15, 0.2) is 18.3 Å². The predicted octanol–water partition coefficient (Wildman–Crippen LogP) is 1.00. The molecule has 14 heavy (non-hydrogen) atoms. The first kappa shape index (κ1) is 10.6. The summed E-state index contributed by atoms with van der Waals surface area (Å²) in [6, 6.07) is 3.59. The van der Waals surface area contributed by atoms with E-state index in [2.05, 4.69) is 22.5 Å². The number of nitrogens with zero attached hydrogens (tertiary/aromatic N) is 1. The SMILES string of the molecule is Cc1ccc(NC(=O)CC(N)=S)nc1. The molecule has 0 saturated heterocycles. The third kappa shape index (κ3) is 3.49. The maximum absolute atomic E-state index is 11.2. The van der Waals surface area contributed by atoms with Crippen LogP contribution in [0.5, 0.6) is 0 Å². The van der Waals surface area contributed by atoms with Crippen LogP contribution in [-0.2, 0) is 4.79 Å². The van der Waals surface area contributed by atoms with Gasteiger partial charge in [-0.2, -0.15) is 0 Å². The van der Waals surface area contributed by atoms with Crippen molar-refractivity contribution in [2.45, 2.75) is 13.3 Å². The summed E-state index contributed by atoms with van der Waals surface area (Å²) >= 11 is 4.61. The van der Waals surface area contributed by atoms with Gasteiger partial charge in [0, 0.05) is 6.20 Å². The Labute approximate surface area is 87.5 Å². The molecule has 0 aliphatic rings. The monoisotopic (exact) mass is 209 g/mol. The second-order valence-electron chi connectivity index (χ2n) is 2.91. The van der Waals surface area contributed by atoms with Crippen molar-refractivity contribution in [2.24, 2.45) is 5.73 Å². The van der Waals surface area contributed by atoms with Crippen LogP contribution in [0.2, 0.25) is 0 Å². The average Bonchev–Trinajstić information content (AvgIpc) is 2.07. The van der Waals surface area contributed by atoms with Crippen molar-refractivity contribution in [2.75, 3.05) is 5.32 Å². The number of amides is 1. The van der Waals surface area contributed by atoms with Crippen LogP contribution in [0, 0.1) is 6.92 Å². The Kier molecular flexibility index (Phi) is 3.53. The molecule has 1 rings (SSSR count). The summed E-state index contributed by atoms with van der Waals surface area (Å²) in [6.07, 6.45) is 1.72. The molecule has 0 spiro atoms. The van der Waals surface area contributed by atoms with Gasteiger partial charge in [-0.3, -0.25) is 4.79 Å². The van der Waals surface area contributed by atoms with E-state index in [1.54, 1.807) is 12.3 Å². The smallest absolute Gasteiger partial charge is 0.232 e. The Morgan fingerprint density at radius 3 is 2.86 bits per heavy atom.